The number of nitrogens with one attached hydrogen (secondary N) is 1. The van der Waals surface area contributed by atoms with Crippen LogP contribution in [0.3, 0.4) is 0 Å². The summed E-state index contributed by atoms with van der Waals surface area (Å²) in [6.45, 7) is 3.87. The summed E-state index contributed by atoms with van der Waals surface area (Å²) in [6.07, 6.45) is 1.72. The molecule has 1 aromatic heterocycles. The number of ether oxygens (including phenoxy) is 1. The lowest BCUT2D eigenvalue weighted by Gasteiger charge is -2.37. The number of aromatic carboxylic acids is 1. The third-order valence-corrected chi connectivity index (χ3v) is 8.56. The van der Waals surface area contributed by atoms with Crippen LogP contribution < -0.4 is 5.32 Å². The minimum atomic E-state index is -0.949. The van der Waals surface area contributed by atoms with Gasteiger partial charge >= 0.3 is 18.0 Å². The van der Waals surface area contributed by atoms with E-state index in [2.05, 4.69) is 20.2 Å². The Bertz CT molecular complexity index is 1550. The van der Waals surface area contributed by atoms with Crippen molar-refractivity contribution in [3.63, 3.8) is 0 Å². The molecule has 6 rings (SSSR count). The second-order valence-electron chi connectivity index (χ2n) is 10.4. The van der Waals surface area contributed by atoms with Crippen LogP contribution in [0.4, 0.5) is 4.79 Å². The van der Waals surface area contributed by atoms with Crippen molar-refractivity contribution in [2.45, 2.75) is 12.6 Å². The Hall–Kier alpha value is -4.55. The molecule has 2 N–H and O–H groups in total. The van der Waals surface area contributed by atoms with Crippen LogP contribution in [0.15, 0.2) is 76.4 Å². The SMILES string of the molecule is COC(=O)C1=C(CN2CCN3C(=O)N(Cc4ccc(-c5ccc(C(=O)O)cc5)cc4)C[C@@H]3C2)NC(c2nccs2)=NC1. The van der Waals surface area contributed by atoms with Crippen molar-refractivity contribution in [1.82, 2.24) is 25.0 Å². The Morgan fingerprint density at radius 2 is 1.79 bits per heavy atom. The number of methoxy groups -OCH3 is 1. The number of esters is 1. The van der Waals surface area contributed by atoms with Gasteiger partial charge in [0.1, 0.15) is 0 Å². The molecule has 42 heavy (non-hydrogen) atoms. The van der Waals surface area contributed by atoms with E-state index in [1.54, 1.807) is 30.5 Å². The van der Waals surface area contributed by atoms with Crippen LogP contribution in [0.1, 0.15) is 20.9 Å². The first-order chi connectivity index (χ1) is 20.4. The third kappa shape index (κ3) is 5.63. The number of carbonyl (C=O) groups excluding carboxylic acids is 2. The summed E-state index contributed by atoms with van der Waals surface area (Å²) >= 11 is 1.48. The summed E-state index contributed by atoms with van der Waals surface area (Å²) in [4.78, 5) is 51.8. The van der Waals surface area contributed by atoms with Gasteiger partial charge in [-0.1, -0.05) is 36.4 Å². The maximum atomic E-state index is 13.3. The molecular formula is C30H30N6O5S. The molecule has 0 unspecified atom stereocenters. The van der Waals surface area contributed by atoms with Crippen LogP contribution >= 0.6 is 11.3 Å². The predicted molar refractivity (Wildman–Crippen MR) is 157 cm³/mol. The van der Waals surface area contributed by atoms with E-state index in [9.17, 15) is 14.4 Å². The van der Waals surface area contributed by atoms with E-state index in [1.165, 1.54) is 18.4 Å². The summed E-state index contributed by atoms with van der Waals surface area (Å²) in [5.74, 6) is -0.698. The Labute approximate surface area is 246 Å². The lowest BCUT2D eigenvalue weighted by Crippen LogP contribution is -2.53. The van der Waals surface area contributed by atoms with E-state index in [4.69, 9.17) is 9.84 Å². The fourth-order valence-electron chi connectivity index (χ4n) is 5.59. The molecule has 12 heteroatoms. The number of piperazine rings is 1. The number of urea groups is 1. The molecule has 3 aliphatic rings. The number of carbonyl (C=O) groups is 3. The summed E-state index contributed by atoms with van der Waals surface area (Å²) in [5, 5.41) is 15.1. The molecule has 0 radical (unpaired) electrons. The molecule has 0 spiro atoms. The van der Waals surface area contributed by atoms with Crippen molar-refractivity contribution in [2.24, 2.45) is 4.99 Å². The number of hydrogen-bond donors (Lipinski definition) is 2. The summed E-state index contributed by atoms with van der Waals surface area (Å²) < 4.78 is 5.02. The number of carboxylic acids is 1. The zero-order valence-corrected chi connectivity index (χ0v) is 23.8. The van der Waals surface area contributed by atoms with Crippen molar-refractivity contribution in [3.05, 3.63) is 87.5 Å². The minimum absolute atomic E-state index is 0.0384. The van der Waals surface area contributed by atoms with Gasteiger partial charge in [0.05, 0.1) is 30.8 Å². The number of amidine groups is 1. The van der Waals surface area contributed by atoms with Gasteiger partial charge in [-0.2, -0.15) is 0 Å². The summed E-state index contributed by atoms with van der Waals surface area (Å²) in [5.41, 5.74) is 4.46. The van der Waals surface area contributed by atoms with Crippen LogP contribution in [-0.4, -0.2) is 101 Å². The van der Waals surface area contributed by atoms with E-state index in [0.29, 0.717) is 50.7 Å². The molecule has 3 aromatic rings. The Morgan fingerprint density at radius 1 is 1.05 bits per heavy atom. The normalized spacial score (nSPS) is 18.9. The highest BCUT2D eigenvalue weighted by Crippen LogP contribution is 2.26. The van der Waals surface area contributed by atoms with Crippen LogP contribution in [0.2, 0.25) is 0 Å². The molecule has 0 bridgehead atoms. The van der Waals surface area contributed by atoms with Crippen LogP contribution in [0, 0.1) is 0 Å². The highest BCUT2D eigenvalue weighted by atomic mass is 32.1. The monoisotopic (exact) mass is 586 g/mol. The van der Waals surface area contributed by atoms with Crippen LogP contribution in [-0.2, 0) is 16.1 Å². The molecule has 2 amide bonds. The Morgan fingerprint density at radius 3 is 2.45 bits per heavy atom. The molecule has 0 saturated carbocycles. The highest BCUT2D eigenvalue weighted by Gasteiger charge is 2.41. The standard InChI is InChI=1S/C30H30N6O5S/c1-41-29(39)24-14-32-26(27-31-10-13-42-27)33-25(24)18-34-11-12-36-23(16-34)17-35(30(36)40)15-19-2-4-20(5-3-19)21-6-8-22(9-7-21)28(37)38/h2-10,13,23H,11-12,14-18H2,1H3,(H,32,33)(H,37,38)/t23-/m0/s1. The number of hydrogen-bond acceptors (Lipinski definition) is 9. The molecule has 2 aromatic carbocycles. The van der Waals surface area contributed by atoms with E-state index in [-0.39, 0.29) is 24.2 Å². The number of amides is 2. The maximum Gasteiger partial charge on any atom is 0.337 e. The predicted octanol–water partition coefficient (Wildman–Crippen LogP) is 2.91. The molecule has 2 saturated heterocycles. The average Bonchev–Trinajstić information content (AvgIpc) is 3.66. The molecule has 3 aliphatic heterocycles. The molecule has 2 fully saturated rings. The molecule has 11 nitrogen and oxygen atoms in total. The molecule has 4 heterocycles. The van der Waals surface area contributed by atoms with E-state index in [1.807, 2.05) is 39.4 Å². The smallest absolute Gasteiger partial charge is 0.337 e. The van der Waals surface area contributed by atoms with E-state index in [0.717, 1.165) is 27.4 Å². The van der Waals surface area contributed by atoms with E-state index < -0.39 is 11.9 Å². The first-order valence-electron chi connectivity index (χ1n) is 13.6. The Kier molecular flexibility index (Phi) is 7.72. The van der Waals surface area contributed by atoms with Gasteiger partial charge in [0.15, 0.2) is 10.8 Å². The van der Waals surface area contributed by atoms with Gasteiger partial charge in [-0.25, -0.2) is 19.4 Å². The molecule has 0 aliphatic carbocycles. The fourth-order valence-corrected chi connectivity index (χ4v) is 6.19. The van der Waals surface area contributed by atoms with Crippen molar-refractivity contribution < 1.29 is 24.2 Å². The molecule has 1 atom stereocenters. The lowest BCUT2D eigenvalue weighted by molar-refractivity contribution is -0.136. The number of benzene rings is 2. The van der Waals surface area contributed by atoms with Gasteiger partial charge in [0.25, 0.3) is 0 Å². The zero-order valence-electron chi connectivity index (χ0n) is 23.0. The largest absolute Gasteiger partial charge is 0.478 e. The van der Waals surface area contributed by atoms with Gasteiger partial charge in [0, 0.05) is 56.5 Å². The average molecular weight is 587 g/mol. The first kappa shape index (κ1) is 27.6. The van der Waals surface area contributed by atoms with Gasteiger partial charge < -0.3 is 25.0 Å². The summed E-state index contributed by atoms with van der Waals surface area (Å²) in [6, 6.07) is 14.9. The van der Waals surface area contributed by atoms with Crippen molar-refractivity contribution >= 4 is 35.1 Å². The van der Waals surface area contributed by atoms with Gasteiger partial charge in [-0.05, 0) is 28.8 Å². The van der Waals surface area contributed by atoms with Crippen LogP contribution in [0.5, 0.6) is 0 Å². The summed E-state index contributed by atoms with van der Waals surface area (Å²) in [7, 11) is 1.37. The second kappa shape index (κ2) is 11.7. The second-order valence-corrected chi connectivity index (χ2v) is 11.3. The van der Waals surface area contributed by atoms with Gasteiger partial charge in [-0.3, -0.25) is 9.89 Å². The van der Waals surface area contributed by atoms with Crippen molar-refractivity contribution in [2.75, 3.05) is 46.4 Å². The first-order valence-corrected chi connectivity index (χ1v) is 14.5. The number of carboxylic acid groups (broad SMARTS) is 1. The number of aromatic nitrogens is 1. The van der Waals surface area contributed by atoms with Crippen LogP contribution in [0.25, 0.3) is 11.1 Å². The fraction of sp³-hybridized carbons (Fsp3) is 0.300. The maximum absolute atomic E-state index is 13.3. The molecular weight excluding hydrogens is 556 g/mol. The number of thiazole rings is 1. The molecule has 216 valence electrons. The third-order valence-electron chi connectivity index (χ3n) is 7.78. The highest BCUT2D eigenvalue weighted by molar-refractivity contribution is 7.11. The quantitative estimate of drug-likeness (QED) is 0.386. The van der Waals surface area contributed by atoms with E-state index >= 15 is 0 Å². The number of aliphatic imine (C=N–C) groups is 1. The minimum Gasteiger partial charge on any atom is -0.478 e. The number of fused-ring (bicyclic) bond motifs is 1. The zero-order chi connectivity index (χ0) is 29.2. The van der Waals surface area contributed by atoms with Gasteiger partial charge in [-0.15, -0.1) is 11.3 Å². The lowest BCUT2D eigenvalue weighted by atomic mass is 10.0. The van der Waals surface area contributed by atoms with Gasteiger partial charge in [0.2, 0.25) is 0 Å². The van der Waals surface area contributed by atoms with Crippen molar-refractivity contribution in [1.29, 1.82) is 0 Å². The number of rotatable bonds is 8. The van der Waals surface area contributed by atoms with Crippen molar-refractivity contribution in [3.8, 4) is 11.1 Å². The number of nitrogens with zero attached hydrogens (tertiary/aromatic N) is 5. The Balaban J connectivity index is 1.09. The topological polar surface area (TPSA) is 128 Å².